The predicted molar refractivity (Wildman–Crippen MR) is 83.0 cm³/mol. The maximum absolute atomic E-state index is 11.9. The van der Waals surface area contributed by atoms with Crippen LogP contribution >= 0.6 is 39.0 Å². The monoisotopic (exact) mass is 357 g/mol. The molecule has 2 N–H and O–H groups in total. The average Bonchev–Trinajstić information content (AvgIpc) is 2.74. The molecule has 6 heteroatoms. The fourth-order valence-corrected chi connectivity index (χ4v) is 4.52. The summed E-state index contributed by atoms with van der Waals surface area (Å²) in [5.74, 6) is -0.289. The SMILES string of the molecule is CCOC(=O)c1cc(Br)sc1Sc1ccc(N)cc1. The van der Waals surface area contributed by atoms with Crippen molar-refractivity contribution in [2.24, 2.45) is 0 Å². The molecule has 1 aromatic heterocycles. The lowest BCUT2D eigenvalue weighted by molar-refractivity contribution is 0.0523. The lowest BCUT2D eigenvalue weighted by Crippen LogP contribution is -2.03. The van der Waals surface area contributed by atoms with Crippen LogP contribution in [0.15, 0.2) is 43.2 Å². The minimum atomic E-state index is -0.289. The van der Waals surface area contributed by atoms with Crippen molar-refractivity contribution in [1.82, 2.24) is 0 Å². The van der Waals surface area contributed by atoms with Gasteiger partial charge in [0.15, 0.2) is 0 Å². The van der Waals surface area contributed by atoms with Gasteiger partial charge in [0.1, 0.15) is 0 Å². The van der Waals surface area contributed by atoms with Gasteiger partial charge in [0.05, 0.1) is 20.2 Å². The van der Waals surface area contributed by atoms with E-state index in [0.717, 1.165) is 18.6 Å². The molecule has 1 heterocycles. The molecule has 0 fully saturated rings. The van der Waals surface area contributed by atoms with Gasteiger partial charge in [-0.2, -0.15) is 0 Å². The highest BCUT2D eigenvalue weighted by molar-refractivity contribution is 9.11. The quantitative estimate of drug-likeness (QED) is 0.649. The van der Waals surface area contributed by atoms with E-state index in [4.69, 9.17) is 10.5 Å². The van der Waals surface area contributed by atoms with Gasteiger partial charge in [-0.15, -0.1) is 11.3 Å². The number of nitrogens with two attached hydrogens (primary N) is 1. The first-order valence-corrected chi connectivity index (χ1v) is 8.02. The summed E-state index contributed by atoms with van der Waals surface area (Å²) in [6.07, 6.45) is 0. The molecule has 0 saturated heterocycles. The van der Waals surface area contributed by atoms with E-state index in [1.165, 1.54) is 23.1 Å². The van der Waals surface area contributed by atoms with Crippen LogP contribution in [0, 0.1) is 0 Å². The Morgan fingerprint density at radius 2 is 2.11 bits per heavy atom. The van der Waals surface area contributed by atoms with Gasteiger partial charge in [0.25, 0.3) is 0 Å². The van der Waals surface area contributed by atoms with Crippen molar-refractivity contribution >= 4 is 50.7 Å². The molecular weight excluding hydrogens is 346 g/mol. The van der Waals surface area contributed by atoms with Gasteiger partial charge in [0, 0.05) is 10.6 Å². The highest BCUT2D eigenvalue weighted by atomic mass is 79.9. The van der Waals surface area contributed by atoms with E-state index >= 15 is 0 Å². The van der Waals surface area contributed by atoms with E-state index in [0.29, 0.717) is 12.2 Å². The molecule has 2 rings (SSSR count). The number of ether oxygens (including phenoxy) is 1. The van der Waals surface area contributed by atoms with Gasteiger partial charge in [-0.05, 0) is 53.2 Å². The van der Waals surface area contributed by atoms with Crippen molar-refractivity contribution in [2.45, 2.75) is 16.0 Å². The Morgan fingerprint density at radius 3 is 2.74 bits per heavy atom. The third kappa shape index (κ3) is 3.75. The van der Waals surface area contributed by atoms with Crippen LogP contribution in [0.1, 0.15) is 17.3 Å². The van der Waals surface area contributed by atoms with Crippen molar-refractivity contribution in [3.05, 3.63) is 39.7 Å². The second-order valence-electron chi connectivity index (χ2n) is 3.64. The summed E-state index contributed by atoms with van der Waals surface area (Å²) in [6.45, 7) is 2.17. The van der Waals surface area contributed by atoms with E-state index in [1.807, 2.05) is 24.3 Å². The zero-order valence-corrected chi connectivity index (χ0v) is 13.4. The number of esters is 1. The van der Waals surface area contributed by atoms with Gasteiger partial charge in [-0.3, -0.25) is 0 Å². The second-order valence-corrected chi connectivity index (χ2v) is 7.42. The van der Waals surface area contributed by atoms with Gasteiger partial charge in [-0.25, -0.2) is 4.79 Å². The van der Waals surface area contributed by atoms with E-state index in [2.05, 4.69) is 15.9 Å². The van der Waals surface area contributed by atoms with Crippen LogP contribution in [0.5, 0.6) is 0 Å². The van der Waals surface area contributed by atoms with E-state index in [9.17, 15) is 4.79 Å². The largest absolute Gasteiger partial charge is 0.462 e. The Morgan fingerprint density at radius 1 is 1.42 bits per heavy atom. The molecule has 2 aromatic rings. The molecule has 0 aliphatic carbocycles. The number of rotatable bonds is 4. The first kappa shape index (κ1) is 14.4. The molecule has 0 saturated carbocycles. The summed E-state index contributed by atoms with van der Waals surface area (Å²) in [4.78, 5) is 12.9. The zero-order chi connectivity index (χ0) is 13.8. The summed E-state index contributed by atoms with van der Waals surface area (Å²) in [7, 11) is 0. The highest BCUT2D eigenvalue weighted by Crippen LogP contribution is 2.39. The van der Waals surface area contributed by atoms with Gasteiger partial charge < -0.3 is 10.5 Å². The Labute approximate surface area is 128 Å². The van der Waals surface area contributed by atoms with E-state index in [-0.39, 0.29) is 5.97 Å². The number of hydrogen-bond donors (Lipinski definition) is 1. The summed E-state index contributed by atoms with van der Waals surface area (Å²) in [5, 5.41) is 0. The third-order valence-electron chi connectivity index (χ3n) is 2.25. The van der Waals surface area contributed by atoms with Crippen molar-refractivity contribution in [3.63, 3.8) is 0 Å². The number of halogens is 1. The molecule has 0 atom stereocenters. The van der Waals surface area contributed by atoms with E-state index in [1.54, 1.807) is 13.0 Å². The molecule has 100 valence electrons. The summed E-state index contributed by atoms with van der Waals surface area (Å²) >= 11 is 6.45. The predicted octanol–water partition coefficient (Wildman–Crippen LogP) is 4.42. The zero-order valence-electron chi connectivity index (χ0n) is 10.2. The Hall–Kier alpha value is -0.980. The maximum Gasteiger partial charge on any atom is 0.340 e. The molecule has 0 unspecified atom stereocenters. The highest BCUT2D eigenvalue weighted by Gasteiger charge is 2.17. The van der Waals surface area contributed by atoms with Crippen LogP contribution in [0.2, 0.25) is 0 Å². The summed E-state index contributed by atoms with van der Waals surface area (Å²) < 4.78 is 6.88. The summed E-state index contributed by atoms with van der Waals surface area (Å²) in [6, 6.07) is 9.34. The van der Waals surface area contributed by atoms with Crippen LogP contribution < -0.4 is 5.73 Å². The molecule has 0 amide bonds. The first-order valence-electron chi connectivity index (χ1n) is 5.60. The Bertz CT molecular complexity index is 581. The van der Waals surface area contributed by atoms with Crippen molar-refractivity contribution in [3.8, 4) is 0 Å². The number of benzene rings is 1. The Kier molecular flexibility index (Phi) is 4.90. The minimum Gasteiger partial charge on any atom is -0.462 e. The molecule has 19 heavy (non-hydrogen) atoms. The van der Waals surface area contributed by atoms with Crippen LogP contribution in [0.25, 0.3) is 0 Å². The van der Waals surface area contributed by atoms with Crippen molar-refractivity contribution in [1.29, 1.82) is 0 Å². The number of carbonyl (C=O) groups is 1. The standard InChI is InChI=1S/C13H12BrNO2S2/c1-2-17-12(16)10-7-11(14)19-13(10)18-9-5-3-8(15)4-6-9/h3-7H,2,15H2,1H3. The number of thiophene rings is 1. The molecule has 0 aliphatic heterocycles. The lowest BCUT2D eigenvalue weighted by atomic mass is 10.3. The third-order valence-corrected chi connectivity index (χ3v) is 5.10. The van der Waals surface area contributed by atoms with Crippen molar-refractivity contribution < 1.29 is 9.53 Å². The number of anilines is 1. The molecule has 1 aromatic carbocycles. The van der Waals surface area contributed by atoms with Crippen LogP contribution in [0.3, 0.4) is 0 Å². The van der Waals surface area contributed by atoms with Gasteiger partial charge in [-0.1, -0.05) is 11.8 Å². The van der Waals surface area contributed by atoms with Gasteiger partial charge in [0.2, 0.25) is 0 Å². The Balaban J connectivity index is 2.24. The lowest BCUT2D eigenvalue weighted by Gasteiger charge is -2.03. The normalized spacial score (nSPS) is 10.4. The first-order chi connectivity index (χ1) is 9.10. The topological polar surface area (TPSA) is 52.3 Å². The average molecular weight is 358 g/mol. The molecule has 3 nitrogen and oxygen atoms in total. The second kappa shape index (κ2) is 6.45. The molecule has 0 aliphatic rings. The number of carbonyl (C=O) groups excluding carboxylic acids is 1. The number of hydrogen-bond acceptors (Lipinski definition) is 5. The number of nitrogen functional groups attached to an aromatic ring is 1. The van der Waals surface area contributed by atoms with Crippen LogP contribution in [0.4, 0.5) is 5.69 Å². The molecule has 0 bridgehead atoms. The van der Waals surface area contributed by atoms with Gasteiger partial charge >= 0.3 is 5.97 Å². The van der Waals surface area contributed by atoms with Crippen LogP contribution in [-0.4, -0.2) is 12.6 Å². The van der Waals surface area contributed by atoms with E-state index < -0.39 is 0 Å². The molecule has 0 radical (unpaired) electrons. The van der Waals surface area contributed by atoms with Crippen molar-refractivity contribution in [2.75, 3.05) is 12.3 Å². The molecular formula is C13H12BrNO2S2. The van der Waals surface area contributed by atoms with Crippen LogP contribution in [-0.2, 0) is 4.74 Å². The fourth-order valence-electron chi connectivity index (χ4n) is 1.42. The maximum atomic E-state index is 11.9. The minimum absolute atomic E-state index is 0.289. The smallest absolute Gasteiger partial charge is 0.340 e. The molecule has 0 spiro atoms. The fraction of sp³-hybridized carbons (Fsp3) is 0.154. The summed E-state index contributed by atoms with van der Waals surface area (Å²) in [5.41, 5.74) is 6.98.